The van der Waals surface area contributed by atoms with Crippen LogP contribution < -0.4 is 4.72 Å². The minimum Gasteiger partial charge on any atom is -0.384 e. The summed E-state index contributed by atoms with van der Waals surface area (Å²) >= 11 is 0. The average molecular weight is 307 g/mol. The number of tetrazole rings is 1. The highest BCUT2D eigenvalue weighted by Crippen LogP contribution is 2.16. The van der Waals surface area contributed by atoms with Crippen molar-refractivity contribution in [2.24, 2.45) is 7.05 Å². The summed E-state index contributed by atoms with van der Waals surface area (Å²) in [7, 11) is -2.25. The van der Waals surface area contributed by atoms with Crippen molar-refractivity contribution in [2.75, 3.05) is 11.3 Å². The fourth-order valence-electron chi connectivity index (χ4n) is 1.58. The predicted molar refractivity (Wildman–Crippen MR) is 74.7 cm³/mol. The van der Waals surface area contributed by atoms with Gasteiger partial charge in [-0.15, -0.1) is 5.10 Å². The molecule has 110 valence electrons. The smallest absolute Gasteiger partial charge is 0.277 e. The Hall–Kier alpha value is -2.44. The van der Waals surface area contributed by atoms with Crippen LogP contribution in [-0.4, -0.2) is 40.3 Å². The molecule has 1 heterocycles. The zero-order chi connectivity index (χ0) is 15.5. The molecule has 0 aliphatic rings. The molecule has 0 saturated carbocycles. The number of benzene rings is 1. The number of hydrogen-bond acceptors (Lipinski definition) is 6. The number of nitrogens with one attached hydrogen (secondary N) is 1. The van der Waals surface area contributed by atoms with E-state index in [1.165, 1.54) is 19.2 Å². The van der Waals surface area contributed by atoms with Gasteiger partial charge in [-0.05, 0) is 35.9 Å². The lowest BCUT2D eigenvalue weighted by atomic mass is 10.1. The largest absolute Gasteiger partial charge is 0.384 e. The van der Waals surface area contributed by atoms with Gasteiger partial charge in [0.25, 0.3) is 16.0 Å². The van der Waals surface area contributed by atoms with E-state index in [0.717, 1.165) is 4.80 Å². The Balaban J connectivity index is 2.30. The Labute approximate surface area is 121 Å². The van der Waals surface area contributed by atoms with Crippen LogP contribution in [0.4, 0.5) is 5.95 Å². The molecule has 0 spiro atoms. The standard InChI is InChI=1S/C12H13N5O3S/c1-9-8-11(6-5-10(9)4-3-7-18)21(19,20)15-12-13-16-17(2)14-12/h5-6,8,18H,7H2,1-2H3,(H,14,15). The van der Waals surface area contributed by atoms with E-state index < -0.39 is 10.0 Å². The minimum atomic E-state index is -3.79. The van der Waals surface area contributed by atoms with E-state index in [1.54, 1.807) is 13.0 Å². The Morgan fingerprint density at radius 3 is 2.76 bits per heavy atom. The molecule has 8 nitrogen and oxygen atoms in total. The lowest BCUT2D eigenvalue weighted by molar-refractivity contribution is 0.350. The fraction of sp³-hybridized carbons (Fsp3) is 0.250. The number of nitrogens with zero attached hydrogens (tertiary/aromatic N) is 4. The van der Waals surface area contributed by atoms with Gasteiger partial charge in [0.1, 0.15) is 6.61 Å². The highest BCUT2D eigenvalue weighted by atomic mass is 32.2. The lowest BCUT2D eigenvalue weighted by Gasteiger charge is -2.06. The maximum Gasteiger partial charge on any atom is 0.277 e. The molecular weight excluding hydrogens is 294 g/mol. The third-order valence-electron chi connectivity index (χ3n) is 2.54. The number of aryl methyl sites for hydroxylation is 2. The SMILES string of the molecule is Cc1cc(S(=O)(=O)Nc2nnn(C)n2)ccc1C#CCO. The van der Waals surface area contributed by atoms with Gasteiger partial charge >= 0.3 is 0 Å². The molecular formula is C12H13N5O3S. The molecule has 1 aromatic heterocycles. The molecule has 0 atom stereocenters. The summed E-state index contributed by atoms with van der Waals surface area (Å²) in [5.74, 6) is 5.16. The number of aliphatic hydroxyl groups excluding tert-OH is 1. The van der Waals surface area contributed by atoms with Crippen LogP contribution in [0.1, 0.15) is 11.1 Å². The Bertz CT molecular complexity index is 817. The molecule has 0 saturated heterocycles. The van der Waals surface area contributed by atoms with Crippen molar-refractivity contribution >= 4 is 16.0 Å². The van der Waals surface area contributed by atoms with Crippen molar-refractivity contribution in [3.63, 3.8) is 0 Å². The van der Waals surface area contributed by atoms with Crippen LogP contribution in [0.15, 0.2) is 23.1 Å². The summed E-state index contributed by atoms with van der Waals surface area (Å²) in [6, 6.07) is 4.49. The van der Waals surface area contributed by atoms with E-state index in [-0.39, 0.29) is 17.5 Å². The topological polar surface area (TPSA) is 110 Å². The summed E-state index contributed by atoms with van der Waals surface area (Å²) in [4.78, 5) is 1.22. The second-order valence-corrected chi connectivity index (χ2v) is 5.83. The molecule has 9 heteroatoms. The first kappa shape index (κ1) is 15.0. The van der Waals surface area contributed by atoms with Gasteiger partial charge in [-0.1, -0.05) is 16.9 Å². The van der Waals surface area contributed by atoms with Crippen molar-refractivity contribution in [2.45, 2.75) is 11.8 Å². The fourth-order valence-corrected chi connectivity index (χ4v) is 2.60. The molecule has 0 radical (unpaired) electrons. The van der Waals surface area contributed by atoms with E-state index in [9.17, 15) is 8.42 Å². The Morgan fingerprint density at radius 1 is 1.43 bits per heavy atom. The third kappa shape index (κ3) is 3.56. The van der Waals surface area contributed by atoms with Gasteiger partial charge in [0.05, 0.1) is 11.9 Å². The van der Waals surface area contributed by atoms with E-state index in [4.69, 9.17) is 5.11 Å². The quantitative estimate of drug-likeness (QED) is 0.751. The van der Waals surface area contributed by atoms with Crippen molar-refractivity contribution in [3.8, 4) is 11.8 Å². The monoisotopic (exact) mass is 307 g/mol. The molecule has 1 aromatic carbocycles. The molecule has 0 bridgehead atoms. The van der Waals surface area contributed by atoms with Crippen LogP contribution in [-0.2, 0) is 17.1 Å². The van der Waals surface area contributed by atoms with Gasteiger partial charge < -0.3 is 5.11 Å². The second kappa shape index (κ2) is 5.90. The number of aromatic nitrogens is 4. The van der Waals surface area contributed by atoms with Crippen LogP contribution in [0, 0.1) is 18.8 Å². The van der Waals surface area contributed by atoms with Gasteiger partial charge in [0.15, 0.2) is 0 Å². The summed E-state index contributed by atoms with van der Waals surface area (Å²) in [6.45, 7) is 1.49. The van der Waals surface area contributed by atoms with Gasteiger partial charge in [0.2, 0.25) is 0 Å². The van der Waals surface area contributed by atoms with Crippen LogP contribution in [0.2, 0.25) is 0 Å². The third-order valence-corrected chi connectivity index (χ3v) is 3.87. The van der Waals surface area contributed by atoms with Crippen LogP contribution in [0.5, 0.6) is 0 Å². The highest BCUT2D eigenvalue weighted by Gasteiger charge is 2.17. The van der Waals surface area contributed by atoms with Crippen molar-refractivity contribution in [1.29, 1.82) is 0 Å². The Morgan fingerprint density at radius 2 is 2.19 bits per heavy atom. The maximum absolute atomic E-state index is 12.2. The average Bonchev–Trinajstić information content (AvgIpc) is 2.82. The van der Waals surface area contributed by atoms with E-state index >= 15 is 0 Å². The van der Waals surface area contributed by atoms with Gasteiger partial charge in [0, 0.05) is 5.56 Å². The summed E-state index contributed by atoms with van der Waals surface area (Å²) in [6.07, 6.45) is 0. The lowest BCUT2D eigenvalue weighted by Crippen LogP contribution is -2.14. The molecule has 0 unspecified atom stereocenters. The molecule has 0 amide bonds. The first-order valence-electron chi connectivity index (χ1n) is 5.89. The minimum absolute atomic E-state index is 0.0713. The molecule has 0 aliphatic heterocycles. The molecule has 2 aromatic rings. The van der Waals surface area contributed by atoms with Gasteiger partial charge in [-0.2, -0.15) is 4.80 Å². The summed E-state index contributed by atoms with van der Waals surface area (Å²) in [5, 5.41) is 19.5. The van der Waals surface area contributed by atoms with Crippen LogP contribution in [0.3, 0.4) is 0 Å². The zero-order valence-electron chi connectivity index (χ0n) is 11.4. The zero-order valence-corrected chi connectivity index (χ0v) is 12.2. The number of aliphatic hydroxyl groups is 1. The number of hydrogen-bond donors (Lipinski definition) is 2. The first-order valence-corrected chi connectivity index (χ1v) is 7.38. The molecule has 0 aliphatic carbocycles. The molecule has 2 rings (SSSR count). The normalized spacial score (nSPS) is 10.8. The number of rotatable bonds is 3. The van der Waals surface area contributed by atoms with Crippen LogP contribution >= 0.6 is 0 Å². The predicted octanol–water partition coefficient (Wildman–Crippen LogP) is -0.337. The molecule has 0 fully saturated rings. The van der Waals surface area contributed by atoms with Crippen molar-refractivity contribution in [1.82, 2.24) is 20.2 Å². The molecule has 21 heavy (non-hydrogen) atoms. The first-order chi connectivity index (χ1) is 9.92. The van der Waals surface area contributed by atoms with E-state index in [1.807, 2.05) is 0 Å². The van der Waals surface area contributed by atoms with Gasteiger partial charge in [-0.25, -0.2) is 13.1 Å². The van der Waals surface area contributed by atoms with Crippen LogP contribution in [0.25, 0.3) is 0 Å². The summed E-state index contributed by atoms with van der Waals surface area (Å²) in [5.41, 5.74) is 1.34. The Kier molecular flexibility index (Phi) is 4.21. The van der Waals surface area contributed by atoms with E-state index in [0.29, 0.717) is 11.1 Å². The van der Waals surface area contributed by atoms with E-state index in [2.05, 4.69) is 32.0 Å². The van der Waals surface area contributed by atoms with Crippen molar-refractivity contribution in [3.05, 3.63) is 29.3 Å². The highest BCUT2D eigenvalue weighted by molar-refractivity contribution is 7.92. The van der Waals surface area contributed by atoms with Crippen molar-refractivity contribution < 1.29 is 13.5 Å². The van der Waals surface area contributed by atoms with Gasteiger partial charge in [-0.3, -0.25) is 0 Å². The molecule has 2 N–H and O–H groups in total. The number of anilines is 1. The maximum atomic E-state index is 12.2. The second-order valence-electron chi connectivity index (χ2n) is 4.14. The summed E-state index contributed by atoms with van der Waals surface area (Å²) < 4.78 is 26.6. The number of sulfonamides is 1.